The van der Waals surface area contributed by atoms with E-state index in [2.05, 4.69) is 35.1 Å². The fraction of sp³-hybridized carbons (Fsp3) is 0.667. The molecule has 0 aliphatic carbocycles. The number of nitrogens with zero attached hydrogens (tertiary/aromatic N) is 3. The summed E-state index contributed by atoms with van der Waals surface area (Å²) in [5, 5.41) is 3.54. The number of morpholine rings is 1. The topological polar surface area (TPSA) is 75.6 Å². The number of rotatable bonds is 6. The molecule has 1 aromatic carbocycles. The Morgan fingerprint density at radius 1 is 1.09 bits per heavy atom. The molecule has 1 aromatic rings. The molecule has 0 unspecified atom stereocenters. The van der Waals surface area contributed by atoms with Crippen molar-refractivity contribution < 1.29 is 19.0 Å². The lowest BCUT2D eigenvalue weighted by atomic mass is 9.84. The largest absolute Gasteiger partial charge is 0.493 e. The highest BCUT2D eigenvalue weighted by Crippen LogP contribution is 2.33. The minimum atomic E-state index is -0.139. The SMILES string of the molecule is CN=C(NCC(C)(C)c1ccc(OC)c(OC)c1)N1CCC(C(=O)N2CCOCC2)CC1.I. The highest BCUT2D eigenvalue weighted by Gasteiger charge is 2.31. The van der Waals surface area contributed by atoms with E-state index in [4.69, 9.17) is 14.2 Å². The molecule has 8 nitrogen and oxygen atoms in total. The van der Waals surface area contributed by atoms with Crippen LogP contribution in [0.1, 0.15) is 32.3 Å². The quantitative estimate of drug-likeness (QED) is 0.320. The summed E-state index contributed by atoms with van der Waals surface area (Å²) in [6.45, 7) is 9.51. The van der Waals surface area contributed by atoms with Crippen molar-refractivity contribution in [3.63, 3.8) is 0 Å². The third kappa shape index (κ3) is 6.88. The normalized spacial score (nSPS) is 17.9. The van der Waals surface area contributed by atoms with Crippen LogP contribution in [0.4, 0.5) is 0 Å². The number of hydrogen-bond acceptors (Lipinski definition) is 5. The van der Waals surface area contributed by atoms with Gasteiger partial charge in [-0.1, -0.05) is 19.9 Å². The Morgan fingerprint density at radius 2 is 1.73 bits per heavy atom. The Kier molecular flexibility index (Phi) is 10.5. The third-order valence-corrected chi connectivity index (χ3v) is 6.53. The van der Waals surface area contributed by atoms with E-state index in [1.165, 1.54) is 0 Å². The van der Waals surface area contributed by atoms with Gasteiger partial charge in [0.05, 0.1) is 27.4 Å². The predicted octanol–water partition coefficient (Wildman–Crippen LogP) is 2.75. The molecular formula is C24H39IN4O4. The van der Waals surface area contributed by atoms with Gasteiger partial charge in [0, 0.05) is 51.1 Å². The van der Waals surface area contributed by atoms with Crippen LogP contribution in [0.15, 0.2) is 23.2 Å². The smallest absolute Gasteiger partial charge is 0.225 e. The highest BCUT2D eigenvalue weighted by molar-refractivity contribution is 14.0. The van der Waals surface area contributed by atoms with Crippen LogP contribution in [0.2, 0.25) is 0 Å². The first-order valence-corrected chi connectivity index (χ1v) is 11.4. The maximum atomic E-state index is 12.8. The molecule has 2 fully saturated rings. The van der Waals surface area contributed by atoms with Crippen molar-refractivity contribution in [2.75, 3.05) is 67.2 Å². The summed E-state index contributed by atoms with van der Waals surface area (Å²) in [7, 11) is 5.12. The third-order valence-electron chi connectivity index (χ3n) is 6.53. The van der Waals surface area contributed by atoms with Gasteiger partial charge in [-0.05, 0) is 30.5 Å². The van der Waals surface area contributed by atoms with E-state index in [0.717, 1.165) is 55.5 Å². The van der Waals surface area contributed by atoms with Gasteiger partial charge >= 0.3 is 0 Å². The summed E-state index contributed by atoms with van der Waals surface area (Å²) in [6, 6.07) is 6.06. The molecule has 1 N–H and O–H groups in total. The second kappa shape index (κ2) is 12.6. The zero-order valence-corrected chi connectivity index (χ0v) is 22.9. The molecule has 2 aliphatic heterocycles. The van der Waals surface area contributed by atoms with Crippen molar-refractivity contribution in [2.45, 2.75) is 32.1 Å². The highest BCUT2D eigenvalue weighted by atomic mass is 127. The van der Waals surface area contributed by atoms with Crippen molar-refractivity contribution in [1.29, 1.82) is 0 Å². The van der Waals surface area contributed by atoms with Crippen molar-refractivity contribution in [3.05, 3.63) is 23.8 Å². The van der Waals surface area contributed by atoms with Crippen LogP contribution >= 0.6 is 24.0 Å². The molecule has 0 bridgehead atoms. The first kappa shape index (κ1) is 27.5. The van der Waals surface area contributed by atoms with Gasteiger partial charge in [0.15, 0.2) is 17.5 Å². The molecule has 33 heavy (non-hydrogen) atoms. The molecule has 0 radical (unpaired) electrons. The van der Waals surface area contributed by atoms with Gasteiger partial charge in [-0.25, -0.2) is 0 Å². The lowest BCUT2D eigenvalue weighted by Gasteiger charge is -2.37. The molecule has 186 valence electrons. The minimum absolute atomic E-state index is 0. The van der Waals surface area contributed by atoms with Gasteiger partial charge in [0.1, 0.15) is 0 Å². The fourth-order valence-corrected chi connectivity index (χ4v) is 4.37. The summed E-state index contributed by atoms with van der Waals surface area (Å²) < 4.78 is 16.2. The number of ether oxygens (including phenoxy) is 3. The van der Waals surface area contributed by atoms with Crippen LogP contribution in [0.25, 0.3) is 0 Å². The molecule has 1 amide bonds. The molecule has 0 saturated carbocycles. The Labute approximate surface area is 215 Å². The Balaban J connectivity index is 0.00000385. The van der Waals surface area contributed by atoms with Crippen molar-refractivity contribution in [2.24, 2.45) is 10.9 Å². The van der Waals surface area contributed by atoms with Gasteiger partial charge in [-0.15, -0.1) is 24.0 Å². The first-order chi connectivity index (χ1) is 15.4. The van der Waals surface area contributed by atoms with Crippen LogP contribution in [-0.2, 0) is 14.9 Å². The number of guanidine groups is 1. The van der Waals surface area contributed by atoms with E-state index in [1.54, 1.807) is 14.2 Å². The second-order valence-corrected chi connectivity index (χ2v) is 9.05. The summed E-state index contributed by atoms with van der Waals surface area (Å²) in [5.41, 5.74) is 1.02. The zero-order valence-electron chi connectivity index (χ0n) is 20.6. The summed E-state index contributed by atoms with van der Waals surface area (Å²) in [4.78, 5) is 21.5. The molecule has 3 rings (SSSR count). The molecule has 0 aromatic heterocycles. The van der Waals surface area contributed by atoms with Gasteiger partial charge < -0.3 is 29.3 Å². The van der Waals surface area contributed by atoms with Gasteiger partial charge in [-0.2, -0.15) is 0 Å². The summed E-state index contributed by atoms with van der Waals surface area (Å²) in [5.74, 6) is 2.73. The van der Waals surface area contributed by atoms with Crippen LogP contribution in [-0.4, -0.2) is 88.9 Å². The number of aliphatic imine (C=N–C) groups is 1. The second-order valence-electron chi connectivity index (χ2n) is 9.05. The summed E-state index contributed by atoms with van der Waals surface area (Å²) in [6.07, 6.45) is 1.71. The number of carbonyl (C=O) groups is 1. The lowest BCUT2D eigenvalue weighted by Crippen LogP contribution is -2.51. The zero-order chi connectivity index (χ0) is 23.1. The molecule has 0 atom stereocenters. The minimum Gasteiger partial charge on any atom is -0.493 e. The Bertz CT molecular complexity index is 804. The number of piperidine rings is 1. The molecular weight excluding hydrogens is 535 g/mol. The maximum absolute atomic E-state index is 12.8. The lowest BCUT2D eigenvalue weighted by molar-refractivity contribution is -0.140. The van der Waals surface area contributed by atoms with E-state index >= 15 is 0 Å². The number of hydrogen-bond donors (Lipinski definition) is 1. The standard InChI is InChI=1S/C24H38N4O4.HI/c1-24(2,19-6-7-20(30-4)21(16-19)31-5)17-26-23(25-3)28-10-8-18(9-11-28)22(29)27-12-14-32-15-13-27;/h6-7,16,18H,8-15,17H2,1-5H3,(H,25,26);1H. The van der Waals surface area contributed by atoms with Crippen LogP contribution in [0, 0.1) is 5.92 Å². The monoisotopic (exact) mass is 574 g/mol. The molecule has 0 spiro atoms. The number of methoxy groups -OCH3 is 2. The predicted molar refractivity (Wildman–Crippen MR) is 141 cm³/mol. The first-order valence-electron chi connectivity index (χ1n) is 11.4. The number of amides is 1. The van der Waals surface area contributed by atoms with Gasteiger partial charge in [0.2, 0.25) is 5.91 Å². The summed E-state index contributed by atoms with van der Waals surface area (Å²) >= 11 is 0. The fourth-order valence-electron chi connectivity index (χ4n) is 4.37. The van der Waals surface area contributed by atoms with E-state index in [1.807, 2.05) is 24.1 Å². The number of halogens is 1. The molecule has 2 aliphatic rings. The van der Waals surface area contributed by atoms with E-state index in [-0.39, 0.29) is 41.2 Å². The van der Waals surface area contributed by atoms with Gasteiger partial charge in [-0.3, -0.25) is 9.79 Å². The number of benzene rings is 1. The van der Waals surface area contributed by atoms with Crippen molar-refractivity contribution in [1.82, 2.24) is 15.1 Å². The Morgan fingerprint density at radius 3 is 2.30 bits per heavy atom. The van der Waals surface area contributed by atoms with Crippen LogP contribution < -0.4 is 14.8 Å². The van der Waals surface area contributed by atoms with E-state index in [9.17, 15) is 4.79 Å². The average Bonchev–Trinajstić information content (AvgIpc) is 2.84. The average molecular weight is 575 g/mol. The van der Waals surface area contributed by atoms with E-state index in [0.29, 0.717) is 26.3 Å². The van der Waals surface area contributed by atoms with Gasteiger partial charge in [0.25, 0.3) is 0 Å². The van der Waals surface area contributed by atoms with Crippen molar-refractivity contribution in [3.8, 4) is 11.5 Å². The van der Waals surface area contributed by atoms with Crippen LogP contribution in [0.5, 0.6) is 11.5 Å². The molecule has 2 saturated heterocycles. The molecule has 9 heteroatoms. The number of carbonyl (C=O) groups excluding carboxylic acids is 1. The van der Waals surface area contributed by atoms with Crippen molar-refractivity contribution >= 4 is 35.8 Å². The molecule has 2 heterocycles. The number of nitrogens with one attached hydrogen (secondary N) is 1. The van der Waals surface area contributed by atoms with Crippen LogP contribution in [0.3, 0.4) is 0 Å². The Hall–Kier alpha value is -1.75. The van der Waals surface area contributed by atoms with E-state index < -0.39 is 0 Å². The number of likely N-dealkylation sites (tertiary alicyclic amines) is 1. The maximum Gasteiger partial charge on any atom is 0.225 e.